The number of rotatable bonds is 4. The van der Waals surface area contributed by atoms with Crippen molar-refractivity contribution in [3.63, 3.8) is 0 Å². The van der Waals surface area contributed by atoms with Gasteiger partial charge in [0, 0.05) is 10.9 Å². The van der Waals surface area contributed by atoms with Crippen LogP contribution in [0, 0.1) is 0 Å². The molecule has 1 atom stereocenters. The minimum Gasteiger partial charge on any atom is -0.323 e. The predicted octanol–water partition coefficient (Wildman–Crippen LogP) is 3.70. The summed E-state index contributed by atoms with van der Waals surface area (Å²) in [6.07, 6.45) is 3.54. The third-order valence-corrected chi connectivity index (χ3v) is 3.58. The average Bonchev–Trinajstić information content (AvgIpc) is 2.47. The maximum absolute atomic E-state index is 5.98. The van der Waals surface area contributed by atoms with E-state index in [4.69, 9.17) is 5.73 Å². The van der Waals surface area contributed by atoms with E-state index in [0.29, 0.717) is 0 Å². The minimum atomic E-state index is 0.237. The van der Waals surface area contributed by atoms with E-state index >= 15 is 0 Å². The van der Waals surface area contributed by atoms with Crippen LogP contribution in [0.1, 0.15) is 37.1 Å². The molecule has 1 unspecified atom stereocenters. The fraction of sp³-hybridized carbons (Fsp3) is 0.556. The number of halogens is 1. The topological polar surface area (TPSA) is 26.0 Å². The van der Waals surface area contributed by atoms with Gasteiger partial charge in [-0.25, -0.2) is 0 Å². The normalized spacial score (nSPS) is 13.2. The van der Waals surface area contributed by atoms with Crippen molar-refractivity contribution >= 4 is 27.3 Å². The Hall–Kier alpha value is 0.140. The molecule has 12 heavy (non-hydrogen) atoms. The molecule has 1 nitrogen and oxygen atoms in total. The van der Waals surface area contributed by atoms with Crippen LogP contribution in [0.5, 0.6) is 0 Å². The molecule has 0 aliphatic carbocycles. The van der Waals surface area contributed by atoms with Crippen molar-refractivity contribution in [2.45, 2.75) is 32.2 Å². The molecule has 3 heteroatoms. The van der Waals surface area contributed by atoms with Crippen LogP contribution in [0.15, 0.2) is 15.9 Å². The summed E-state index contributed by atoms with van der Waals surface area (Å²) in [7, 11) is 0. The van der Waals surface area contributed by atoms with Crippen LogP contribution >= 0.6 is 27.3 Å². The van der Waals surface area contributed by atoms with Gasteiger partial charge < -0.3 is 5.73 Å². The van der Waals surface area contributed by atoms with Crippen molar-refractivity contribution in [2.75, 3.05) is 0 Å². The molecule has 0 aliphatic heterocycles. The number of hydrogen-bond donors (Lipinski definition) is 1. The fourth-order valence-electron chi connectivity index (χ4n) is 1.09. The molecule has 0 radical (unpaired) electrons. The largest absolute Gasteiger partial charge is 0.323 e. The molecule has 0 fully saturated rings. The van der Waals surface area contributed by atoms with E-state index in [1.807, 2.05) is 0 Å². The van der Waals surface area contributed by atoms with Gasteiger partial charge in [0.15, 0.2) is 0 Å². The second kappa shape index (κ2) is 5.00. The molecule has 0 amide bonds. The second-order valence-electron chi connectivity index (χ2n) is 2.89. The quantitative estimate of drug-likeness (QED) is 0.863. The van der Waals surface area contributed by atoms with Crippen molar-refractivity contribution in [2.24, 2.45) is 5.73 Å². The van der Waals surface area contributed by atoms with E-state index < -0.39 is 0 Å². The van der Waals surface area contributed by atoms with Crippen LogP contribution < -0.4 is 5.73 Å². The maximum Gasteiger partial charge on any atom is 0.0701 e. The summed E-state index contributed by atoms with van der Waals surface area (Å²) in [5.41, 5.74) is 5.98. The number of hydrogen-bond acceptors (Lipinski definition) is 2. The molecule has 1 heterocycles. The van der Waals surface area contributed by atoms with Gasteiger partial charge in [0.25, 0.3) is 0 Å². The Morgan fingerprint density at radius 1 is 1.58 bits per heavy atom. The summed E-state index contributed by atoms with van der Waals surface area (Å²) in [4.78, 5) is 1.29. The van der Waals surface area contributed by atoms with Gasteiger partial charge in [-0.1, -0.05) is 19.8 Å². The first kappa shape index (κ1) is 10.2. The SMILES string of the molecule is CCCCC(N)c1ccc(Br)s1. The van der Waals surface area contributed by atoms with Crippen molar-refractivity contribution in [3.05, 3.63) is 20.8 Å². The van der Waals surface area contributed by atoms with E-state index in [9.17, 15) is 0 Å². The zero-order valence-electron chi connectivity index (χ0n) is 7.22. The standard InChI is InChI=1S/C9H14BrNS/c1-2-3-4-7(11)8-5-6-9(10)12-8/h5-7H,2-4,11H2,1H3. The molecule has 0 saturated heterocycles. The number of unbranched alkanes of at least 4 members (excludes halogenated alkanes) is 1. The molecule has 1 aromatic rings. The molecule has 0 aliphatic rings. The van der Waals surface area contributed by atoms with Gasteiger partial charge in [0.2, 0.25) is 0 Å². The van der Waals surface area contributed by atoms with Gasteiger partial charge in [0.1, 0.15) is 0 Å². The van der Waals surface area contributed by atoms with Crippen LogP contribution in [0.2, 0.25) is 0 Å². The van der Waals surface area contributed by atoms with Gasteiger partial charge in [-0.2, -0.15) is 0 Å². The molecule has 0 saturated carbocycles. The third-order valence-electron chi connectivity index (χ3n) is 1.83. The van der Waals surface area contributed by atoms with Gasteiger partial charge in [-0.15, -0.1) is 11.3 Å². The van der Waals surface area contributed by atoms with E-state index in [1.54, 1.807) is 11.3 Å². The summed E-state index contributed by atoms with van der Waals surface area (Å²) < 4.78 is 1.17. The van der Waals surface area contributed by atoms with E-state index in [0.717, 1.165) is 6.42 Å². The third kappa shape index (κ3) is 2.88. The fourth-order valence-corrected chi connectivity index (χ4v) is 2.55. The monoisotopic (exact) mass is 247 g/mol. The van der Waals surface area contributed by atoms with Crippen LogP contribution in [0.25, 0.3) is 0 Å². The molecular formula is C9H14BrNS. The molecule has 1 aromatic heterocycles. The Kier molecular flexibility index (Phi) is 4.26. The van der Waals surface area contributed by atoms with Crippen LogP contribution in [-0.2, 0) is 0 Å². The first-order valence-electron chi connectivity index (χ1n) is 4.25. The van der Waals surface area contributed by atoms with Crippen LogP contribution in [0.4, 0.5) is 0 Å². The van der Waals surface area contributed by atoms with Crippen molar-refractivity contribution in [1.82, 2.24) is 0 Å². The van der Waals surface area contributed by atoms with Gasteiger partial charge >= 0.3 is 0 Å². The van der Waals surface area contributed by atoms with E-state index in [2.05, 4.69) is 35.0 Å². The second-order valence-corrected chi connectivity index (χ2v) is 5.39. The van der Waals surface area contributed by atoms with Gasteiger partial charge in [0.05, 0.1) is 3.79 Å². The predicted molar refractivity (Wildman–Crippen MR) is 58.5 cm³/mol. The lowest BCUT2D eigenvalue weighted by Crippen LogP contribution is -2.07. The Balaban J connectivity index is 2.47. The van der Waals surface area contributed by atoms with Crippen LogP contribution in [-0.4, -0.2) is 0 Å². The average molecular weight is 248 g/mol. The molecule has 2 N–H and O–H groups in total. The highest BCUT2D eigenvalue weighted by molar-refractivity contribution is 9.11. The lowest BCUT2D eigenvalue weighted by atomic mass is 10.1. The molecule has 1 rings (SSSR count). The van der Waals surface area contributed by atoms with Crippen molar-refractivity contribution in [1.29, 1.82) is 0 Å². The molecule has 0 aromatic carbocycles. The smallest absolute Gasteiger partial charge is 0.0701 e. The van der Waals surface area contributed by atoms with Crippen molar-refractivity contribution in [3.8, 4) is 0 Å². The Morgan fingerprint density at radius 3 is 2.83 bits per heavy atom. The summed E-state index contributed by atoms with van der Waals surface area (Å²) in [5.74, 6) is 0. The lowest BCUT2D eigenvalue weighted by Gasteiger charge is -2.07. The van der Waals surface area contributed by atoms with Gasteiger partial charge in [-0.05, 0) is 34.5 Å². The zero-order valence-corrected chi connectivity index (χ0v) is 9.62. The van der Waals surface area contributed by atoms with Gasteiger partial charge in [-0.3, -0.25) is 0 Å². The summed E-state index contributed by atoms with van der Waals surface area (Å²) in [6, 6.07) is 4.40. The molecule has 68 valence electrons. The zero-order chi connectivity index (χ0) is 8.97. The maximum atomic E-state index is 5.98. The molecule has 0 spiro atoms. The lowest BCUT2D eigenvalue weighted by molar-refractivity contribution is 0.611. The highest BCUT2D eigenvalue weighted by Gasteiger charge is 2.06. The summed E-state index contributed by atoms with van der Waals surface area (Å²) in [6.45, 7) is 2.19. The van der Waals surface area contributed by atoms with E-state index in [1.165, 1.54) is 21.5 Å². The number of thiophene rings is 1. The molecular weight excluding hydrogens is 234 g/mol. The molecule has 0 bridgehead atoms. The highest BCUT2D eigenvalue weighted by atomic mass is 79.9. The Morgan fingerprint density at radius 2 is 2.33 bits per heavy atom. The van der Waals surface area contributed by atoms with Crippen molar-refractivity contribution < 1.29 is 0 Å². The Labute approximate surface area is 86.1 Å². The first-order valence-corrected chi connectivity index (χ1v) is 5.85. The van der Waals surface area contributed by atoms with E-state index in [-0.39, 0.29) is 6.04 Å². The minimum absolute atomic E-state index is 0.237. The Bertz CT molecular complexity index is 234. The summed E-state index contributed by atoms with van der Waals surface area (Å²) in [5, 5.41) is 0. The van der Waals surface area contributed by atoms with Crippen LogP contribution in [0.3, 0.4) is 0 Å². The summed E-state index contributed by atoms with van der Waals surface area (Å²) >= 11 is 5.17. The first-order chi connectivity index (χ1) is 5.74. The highest BCUT2D eigenvalue weighted by Crippen LogP contribution is 2.28. The number of nitrogens with two attached hydrogens (primary N) is 1.